The van der Waals surface area contributed by atoms with Crippen LogP contribution in [0.25, 0.3) is 15.9 Å². The van der Waals surface area contributed by atoms with Gasteiger partial charge in [-0.15, -0.1) is 11.3 Å². The van der Waals surface area contributed by atoms with Crippen LogP contribution in [-0.4, -0.2) is 23.0 Å². The first-order valence-corrected chi connectivity index (χ1v) is 9.39. The van der Waals surface area contributed by atoms with E-state index in [1.807, 2.05) is 11.3 Å². The molecule has 4 rings (SSSR count). The first kappa shape index (κ1) is 15.4. The summed E-state index contributed by atoms with van der Waals surface area (Å²) in [6.07, 6.45) is 2.31. The fourth-order valence-corrected chi connectivity index (χ4v) is 4.60. The molecule has 0 spiro atoms. The van der Waals surface area contributed by atoms with Crippen LogP contribution in [0.5, 0.6) is 0 Å². The highest BCUT2D eigenvalue weighted by molar-refractivity contribution is 7.18. The second-order valence-electron chi connectivity index (χ2n) is 6.60. The van der Waals surface area contributed by atoms with E-state index >= 15 is 0 Å². The molecule has 2 nitrogen and oxygen atoms in total. The predicted octanol–water partition coefficient (Wildman–Crippen LogP) is 5.46. The van der Waals surface area contributed by atoms with Crippen molar-refractivity contribution in [2.45, 2.75) is 25.7 Å². The minimum atomic E-state index is 0.587. The van der Waals surface area contributed by atoms with E-state index in [4.69, 9.17) is 4.98 Å². The second-order valence-corrected chi connectivity index (χ2v) is 7.66. The zero-order chi connectivity index (χ0) is 16.5. The molecular weight excluding hydrogens is 312 g/mol. The second kappa shape index (κ2) is 6.40. The number of hydrogen-bond donors (Lipinski definition) is 0. The van der Waals surface area contributed by atoms with Crippen molar-refractivity contribution in [3.05, 3.63) is 71.2 Å². The monoisotopic (exact) mass is 334 g/mol. The molecule has 1 aliphatic rings. The summed E-state index contributed by atoms with van der Waals surface area (Å²) in [5, 5.41) is 1.30. The average molecular weight is 334 g/mol. The largest absolute Gasteiger partial charge is 0.371 e. The third-order valence-electron chi connectivity index (χ3n) is 4.89. The minimum Gasteiger partial charge on any atom is -0.371 e. The number of aryl methyl sites for hydroxylation is 1. The number of hydrogen-bond acceptors (Lipinski definition) is 3. The van der Waals surface area contributed by atoms with Crippen molar-refractivity contribution in [1.82, 2.24) is 9.88 Å². The van der Waals surface area contributed by atoms with Crippen molar-refractivity contribution < 1.29 is 0 Å². The van der Waals surface area contributed by atoms with Crippen molar-refractivity contribution >= 4 is 27.3 Å². The molecule has 0 N–H and O–H groups in total. The molecule has 0 atom stereocenters. The van der Waals surface area contributed by atoms with Crippen LogP contribution in [0.1, 0.15) is 34.9 Å². The number of rotatable bonds is 3. The van der Waals surface area contributed by atoms with Gasteiger partial charge < -0.3 is 4.90 Å². The highest BCUT2D eigenvalue weighted by Gasteiger charge is 2.24. The molecule has 0 amide bonds. The number of para-hydroxylation sites is 1. The van der Waals surface area contributed by atoms with Gasteiger partial charge >= 0.3 is 0 Å². The fourth-order valence-electron chi connectivity index (χ4n) is 3.47. The Labute approximate surface area is 147 Å². The molecule has 1 aromatic heterocycles. The van der Waals surface area contributed by atoms with E-state index in [1.54, 1.807) is 0 Å². The molecule has 2 aromatic carbocycles. The number of nitrogens with zero attached hydrogens (tertiary/aromatic N) is 2. The summed E-state index contributed by atoms with van der Waals surface area (Å²) in [4.78, 5) is 7.28. The third-order valence-corrected chi connectivity index (χ3v) is 6.09. The van der Waals surface area contributed by atoms with Gasteiger partial charge in [0.25, 0.3) is 0 Å². The van der Waals surface area contributed by atoms with Crippen LogP contribution in [0.4, 0.5) is 0 Å². The van der Waals surface area contributed by atoms with Gasteiger partial charge in [0.05, 0.1) is 15.2 Å². The van der Waals surface area contributed by atoms with Gasteiger partial charge in [-0.05, 0) is 43.5 Å². The zero-order valence-electron chi connectivity index (χ0n) is 14.0. The Balaban J connectivity index is 1.45. The first-order valence-electron chi connectivity index (χ1n) is 8.57. The summed E-state index contributed by atoms with van der Waals surface area (Å²) in [7, 11) is 0. The molecule has 3 heteroatoms. The van der Waals surface area contributed by atoms with Crippen molar-refractivity contribution in [3.8, 4) is 0 Å². The number of aromatic nitrogens is 1. The SMILES string of the molecule is C=C(c1cccc(C)c1)N1CCC(c2nc3ccccc3s2)CC1. The van der Waals surface area contributed by atoms with Crippen molar-refractivity contribution in [2.75, 3.05) is 13.1 Å². The maximum atomic E-state index is 4.85. The van der Waals surface area contributed by atoms with Crippen molar-refractivity contribution in [2.24, 2.45) is 0 Å². The summed E-state index contributed by atoms with van der Waals surface area (Å²) in [5.41, 5.74) is 4.83. The molecule has 0 bridgehead atoms. The minimum absolute atomic E-state index is 0.587. The summed E-state index contributed by atoms with van der Waals surface area (Å²) < 4.78 is 1.30. The number of fused-ring (bicyclic) bond motifs is 1. The van der Waals surface area contributed by atoms with Crippen LogP contribution < -0.4 is 0 Å². The number of benzene rings is 2. The lowest BCUT2D eigenvalue weighted by Crippen LogP contribution is -2.31. The van der Waals surface area contributed by atoms with E-state index in [1.165, 1.54) is 20.8 Å². The van der Waals surface area contributed by atoms with Crippen LogP contribution in [0, 0.1) is 6.92 Å². The molecule has 0 aliphatic carbocycles. The van der Waals surface area contributed by atoms with Crippen LogP contribution in [0.3, 0.4) is 0 Å². The number of piperidine rings is 1. The first-order chi connectivity index (χ1) is 11.7. The standard InChI is InChI=1S/C21H22N2S/c1-15-6-5-7-18(14-15)16(2)23-12-10-17(11-13-23)21-22-19-8-3-4-9-20(19)24-21/h3-9,14,17H,2,10-13H2,1H3. The maximum absolute atomic E-state index is 4.85. The Hall–Kier alpha value is -2.13. The molecule has 1 aliphatic heterocycles. The Morgan fingerprint density at radius 1 is 1.12 bits per heavy atom. The van der Waals surface area contributed by atoms with Gasteiger partial charge in [-0.25, -0.2) is 4.98 Å². The van der Waals surface area contributed by atoms with Gasteiger partial charge in [-0.1, -0.05) is 42.5 Å². The third kappa shape index (κ3) is 2.96. The van der Waals surface area contributed by atoms with Crippen LogP contribution in [0.2, 0.25) is 0 Å². The van der Waals surface area contributed by atoms with Crippen molar-refractivity contribution in [1.29, 1.82) is 0 Å². The molecule has 2 heterocycles. The smallest absolute Gasteiger partial charge is 0.0970 e. The van der Waals surface area contributed by atoms with Crippen LogP contribution in [-0.2, 0) is 0 Å². The van der Waals surface area contributed by atoms with E-state index in [-0.39, 0.29) is 0 Å². The van der Waals surface area contributed by atoms with Crippen LogP contribution in [0.15, 0.2) is 55.1 Å². The molecule has 1 fully saturated rings. The summed E-state index contributed by atoms with van der Waals surface area (Å²) in [5.74, 6) is 0.587. The van der Waals surface area contributed by atoms with E-state index in [9.17, 15) is 0 Å². The van der Waals surface area contributed by atoms with E-state index < -0.39 is 0 Å². The van der Waals surface area contributed by atoms with E-state index in [2.05, 4.69) is 66.9 Å². The topological polar surface area (TPSA) is 16.1 Å². The van der Waals surface area contributed by atoms with Gasteiger partial charge in [-0.2, -0.15) is 0 Å². The normalized spacial score (nSPS) is 15.8. The molecule has 122 valence electrons. The quantitative estimate of drug-likeness (QED) is 0.632. The molecule has 24 heavy (non-hydrogen) atoms. The van der Waals surface area contributed by atoms with E-state index in [0.29, 0.717) is 5.92 Å². The fraction of sp³-hybridized carbons (Fsp3) is 0.286. The molecule has 0 radical (unpaired) electrons. The Kier molecular flexibility index (Phi) is 4.11. The number of likely N-dealkylation sites (tertiary alicyclic amines) is 1. The van der Waals surface area contributed by atoms with E-state index in [0.717, 1.165) is 37.1 Å². The molecule has 0 saturated carbocycles. The Bertz CT molecular complexity index is 839. The highest BCUT2D eigenvalue weighted by Crippen LogP contribution is 2.35. The molecule has 3 aromatic rings. The summed E-state index contributed by atoms with van der Waals surface area (Å²) in [6.45, 7) is 8.60. The summed E-state index contributed by atoms with van der Waals surface area (Å²) >= 11 is 1.86. The van der Waals surface area contributed by atoms with Crippen LogP contribution >= 0.6 is 11.3 Å². The Morgan fingerprint density at radius 2 is 1.92 bits per heavy atom. The number of thiazole rings is 1. The van der Waals surface area contributed by atoms with Gasteiger partial charge in [0.2, 0.25) is 0 Å². The lowest BCUT2D eigenvalue weighted by atomic mass is 9.96. The average Bonchev–Trinajstić information content (AvgIpc) is 3.05. The van der Waals surface area contributed by atoms with Gasteiger partial charge in [0.15, 0.2) is 0 Å². The summed E-state index contributed by atoms with van der Waals surface area (Å²) in [6, 6.07) is 17.1. The molecule has 1 saturated heterocycles. The Morgan fingerprint density at radius 3 is 2.67 bits per heavy atom. The molecule has 0 unspecified atom stereocenters. The van der Waals surface area contributed by atoms with Gasteiger partial charge in [-0.3, -0.25) is 0 Å². The van der Waals surface area contributed by atoms with Gasteiger partial charge in [0.1, 0.15) is 0 Å². The lowest BCUT2D eigenvalue weighted by Gasteiger charge is -2.34. The zero-order valence-corrected chi connectivity index (χ0v) is 14.9. The lowest BCUT2D eigenvalue weighted by molar-refractivity contribution is 0.299. The molecular formula is C21H22N2S. The van der Waals surface area contributed by atoms with Crippen molar-refractivity contribution in [3.63, 3.8) is 0 Å². The van der Waals surface area contributed by atoms with Gasteiger partial charge in [0, 0.05) is 24.7 Å². The highest BCUT2D eigenvalue weighted by atomic mass is 32.1. The predicted molar refractivity (Wildman–Crippen MR) is 103 cm³/mol. The maximum Gasteiger partial charge on any atom is 0.0970 e.